The van der Waals surface area contributed by atoms with Gasteiger partial charge >= 0.3 is 29.5 Å². The van der Waals surface area contributed by atoms with Crippen molar-refractivity contribution in [1.82, 2.24) is 0 Å². The Morgan fingerprint density at radius 2 is 0.952 bits per heavy atom. The molecule has 13 heteroatoms. The van der Waals surface area contributed by atoms with Crippen LogP contribution in [-0.4, -0.2) is 48.7 Å². The third-order valence-electron chi connectivity index (χ3n) is 2.71. The van der Waals surface area contributed by atoms with Gasteiger partial charge in [0.2, 0.25) is 0 Å². The zero-order chi connectivity index (χ0) is 17.1. The van der Waals surface area contributed by atoms with E-state index in [4.69, 9.17) is 0 Å². The molecule has 1 saturated carbocycles. The Hall–Kier alpha value is -0.880. The molecule has 1 unspecified atom stereocenters. The maximum absolute atomic E-state index is 13.4. The summed E-state index contributed by atoms with van der Waals surface area (Å²) in [5.41, 5.74) is 0. The molecule has 21 heavy (non-hydrogen) atoms. The highest BCUT2D eigenvalue weighted by molar-refractivity contribution is 5.23. The Labute approximate surface area is 107 Å². The minimum Gasteiger partial charge on any atom is -0.333 e. The van der Waals surface area contributed by atoms with Gasteiger partial charge in [-0.3, -0.25) is 0 Å². The fourth-order valence-electron chi connectivity index (χ4n) is 1.44. The monoisotopic (exact) mass is 344 g/mol. The molecular weight excluding hydrogens is 340 g/mol. The zero-order valence-corrected chi connectivity index (χ0v) is 9.31. The SMILES string of the molecule is FC(F)C(F)COC1(F)C(F)(F)C(F)(F)C(F)(F)C1(F)F. The van der Waals surface area contributed by atoms with Crippen molar-refractivity contribution in [2.75, 3.05) is 6.61 Å². The van der Waals surface area contributed by atoms with E-state index in [-0.39, 0.29) is 0 Å². The molecule has 0 aliphatic heterocycles. The summed E-state index contributed by atoms with van der Waals surface area (Å²) >= 11 is 0. The van der Waals surface area contributed by atoms with Crippen LogP contribution in [0.4, 0.5) is 52.7 Å². The summed E-state index contributed by atoms with van der Waals surface area (Å²) < 4.78 is 154. The Morgan fingerprint density at radius 1 is 0.619 bits per heavy atom. The van der Waals surface area contributed by atoms with Gasteiger partial charge in [0, 0.05) is 0 Å². The molecule has 0 spiro atoms. The van der Waals surface area contributed by atoms with Crippen LogP contribution in [0.1, 0.15) is 0 Å². The van der Waals surface area contributed by atoms with Crippen LogP contribution >= 0.6 is 0 Å². The molecule has 1 aliphatic rings. The maximum Gasteiger partial charge on any atom is 0.384 e. The first-order chi connectivity index (χ1) is 9.08. The van der Waals surface area contributed by atoms with Gasteiger partial charge in [0.1, 0.15) is 0 Å². The van der Waals surface area contributed by atoms with Gasteiger partial charge in [-0.2, -0.15) is 39.5 Å². The summed E-state index contributed by atoms with van der Waals surface area (Å²) in [6.07, 6.45) is -7.66. The predicted octanol–water partition coefficient (Wildman–Crippen LogP) is 3.83. The second kappa shape index (κ2) is 4.56. The molecule has 1 aliphatic carbocycles. The highest BCUT2D eigenvalue weighted by Crippen LogP contribution is 2.69. The molecule has 0 aromatic rings. The highest BCUT2D eigenvalue weighted by Gasteiger charge is 3.01. The Morgan fingerprint density at radius 3 is 1.24 bits per heavy atom. The molecule has 1 atom stereocenters. The number of alkyl halides is 12. The minimum atomic E-state index is -6.89. The third kappa shape index (κ3) is 1.91. The van der Waals surface area contributed by atoms with Gasteiger partial charge in [0.25, 0.3) is 6.43 Å². The first-order valence-electron chi connectivity index (χ1n) is 4.84. The van der Waals surface area contributed by atoms with E-state index >= 15 is 0 Å². The summed E-state index contributed by atoms with van der Waals surface area (Å²) in [7, 11) is 0. The molecule has 0 radical (unpaired) electrons. The van der Waals surface area contributed by atoms with Crippen molar-refractivity contribution in [3.05, 3.63) is 0 Å². The van der Waals surface area contributed by atoms with Gasteiger partial charge in [-0.15, -0.1) is 0 Å². The molecule has 1 rings (SSSR count). The van der Waals surface area contributed by atoms with Crippen LogP contribution in [0, 0.1) is 0 Å². The number of halogens is 12. The molecule has 0 aromatic carbocycles. The molecule has 0 bridgehead atoms. The van der Waals surface area contributed by atoms with Crippen LogP contribution in [-0.2, 0) is 4.74 Å². The molecular formula is C8H4F12O. The first kappa shape index (κ1) is 18.2. The van der Waals surface area contributed by atoms with E-state index in [1.54, 1.807) is 0 Å². The van der Waals surface area contributed by atoms with E-state index in [1.165, 1.54) is 0 Å². The lowest BCUT2D eigenvalue weighted by Gasteiger charge is -2.30. The third-order valence-corrected chi connectivity index (χ3v) is 2.71. The average molecular weight is 344 g/mol. The van der Waals surface area contributed by atoms with Crippen molar-refractivity contribution in [3.63, 3.8) is 0 Å². The number of hydrogen-bond donors (Lipinski definition) is 0. The second-order valence-electron chi connectivity index (χ2n) is 4.05. The van der Waals surface area contributed by atoms with Gasteiger partial charge in [0.15, 0.2) is 6.17 Å². The Kier molecular flexibility index (Phi) is 3.94. The lowest BCUT2D eigenvalue weighted by molar-refractivity contribution is -0.360. The lowest BCUT2D eigenvalue weighted by Crippen LogP contribution is -2.57. The molecule has 1 fully saturated rings. The molecule has 0 heterocycles. The summed E-state index contributed by atoms with van der Waals surface area (Å²) in [6, 6.07) is 0. The zero-order valence-electron chi connectivity index (χ0n) is 9.31. The van der Waals surface area contributed by atoms with Crippen LogP contribution in [0.25, 0.3) is 0 Å². The van der Waals surface area contributed by atoms with E-state index in [2.05, 4.69) is 4.74 Å². The average Bonchev–Trinajstić information content (AvgIpc) is 2.37. The fraction of sp³-hybridized carbons (Fsp3) is 1.00. The van der Waals surface area contributed by atoms with E-state index in [0.717, 1.165) is 0 Å². The minimum absolute atomic E-state index is 2.56. The standard InChI is InChI=1S/C8H4F12O/c9-2(3(10)11)1-21-8(20)6(16,17)4(12,13)5(14,15)7(8,18)19/h2-3H,1H2. The van der Waals surface area contributed by atoms with Crippen LogP contribution in [0.5, 0.6) is 0 Å². The molecule has 126 valence electrons. The van der Waals surface area contributed by atoms with E-state index in [1.807, 2.05) is 0 Å². The molecule has 0 N–H and O–H groups in total. The van der Waals surface area contributed by atoms with Gasteiger partial charge in [-0.1, -0.05) is 0 Å². The fourth-order valence-corrected chi connectivity index (χ4v) is 1.44. The topological polar surface area (TPSA) is 9.23 Å². The molecule has 0 aromatic heterocycles. The Bertz CT molecular complexity index is 378. The van der Waals surface area contributed by atoms with Crippen molar-refractivity contribution in [1.29, 1.82) is 0 Å². The number of rotatable bonds is 4. The Balaban J connectivity index is 3.26. The summed E-state index contributed by atoms with van der Waals surface area (Å²) in [6.45, 7) is -2.56. The second-order valence-corrected chi connectivity index (χ2v) is 4.05. The first-order valence-corrected chi connectivity index (χ1v) is 4.84. The van der Waals surface area contributed by atoms with Crippen LogP contribution in [0.2, 0.25) is 0 Å². The van der Waals surface area contributed by atoms with Crippen LogP contribution in [0.15, 0.2) is 0 Å². The van der Waals surface area contributed by atoms with E-state index in [9.17, 15) is 52.7 Å². The van der Waals surface area contributed by atoms with Crippen molar-refractivity contribution < 1.29 is 57.4 Å². The maximum atomic E-state index is 13.4. The largest absolute Gasteiger partial charge is 0.384 e. The van der Waals surface area contributed by atoms with Crippen molar-refractivity contribution >= 4 is 0 Å². The van der Waals surface area contributed by atoms with Crippen molar-refractivity contribution in [2.24, 2.45) is 0 Å². The molecule has 0 amide bonds. The van der Waals surface area contributed by atoms with Gasteiger partial charge in [0.05, 0.1) is 6.61 Å². The van der Waals surface area contributed by atoms with Crippen LogP contribution < -0.4 is 0 Å². The molecule has 1 nitrogen and oxygen atoms in total. The van der Waals surface area contributed by atoms with Crippen molar-refractivity contribution in [3.8, 4) is 0 Å². The molecule has 0 saturated heterocycles. The quantitative estimate of drug-likeness (QED) is 0.705. The van der Waals surface area contributed by atoms with Gasteiger partial charge in [-0.25, -0.2) is 13.2 Å². The van der Waals surface area contributed by atoms with Crippen LogP contribution in [0.3, 0.4) is 0 Å². The summed E-state index contributed by atoms with van der Waals surface area (Å²) in [5, 5.41) is 0. The summed E-state index contributed by atoms with van der Waals surface area (Å²) in [5.74, 6) is -33.8. The highest BCUT2D eigenvalue weighted by atomic mass is 19.4. The normalized spacial score (nSPS) is 29.6. The van der Waals surface area contributed by atoms with E-state index in [0.29, 0.717) is 0 Å². The smallest absolute Gasteiger partial charge is 0.333 e. The van der Waals surface area contributed by atoms with Gasteiger partial charge < -0.3 is 4.74 Å². The predicted molar refractivity (Wildman–Crippen MR) is 40.5 cm³/mol. The van der Waals surface area contributed by atoms with E-state index < -0.39 is 48.7 Å². The van der Waals surface area contributed by atoms with Gasteiger partial charge in [-0.05, 0) is 0 Å². The number of hydrogen-bond acceptors (Lipinski definition) is 1. The lowest BCUT2D eigenvalue weighted by atomic mass is 10.1. The number of ether oxygens (including phenoxy) is 1. The summed E-state index contributed by atoms with van der Waals surface area (Å²) in [4.78, 5) is 0. The van der Waals surface area contributed by atoms with Crippen molar-refractivity contribution in [2.45, 2.75) is 42.1 Å².